The molecule has 0 aromatic carbocycles. The molecule has 2 amide bonds. The van der Waals surface area contributed by atoms with E-state index in [0.717, 1.165) is 37.2 Å². The lowest BCUT2D eigenvalue weighted by Gasteiger charge is -2.31. The summed E-state index contributed by atoms with van der Waals surface area (Å²) in [4.78, 5) is 13.6. The van der Waals surface area contributed by atoms with Crippen LogP contribution in [0.5, 0.6) is 0 Å². The molecule has 1 fully saturated rings. The average molecular weight is 286 g/mol. The predicted octanol–water partition coefficient (Wildman–Crippen LogP) is 2.10. The van der Waals surface area contributed by atoms with Crippen molar-refractivity contribution in [1.82, 2.24) is 10.2 Å². The molecular weight excluding hydrogens is 260 g/mol. The number of urea groups is 1. The van der Waals surface area contributed by atoms with Crippen molar-refractivity contribution in [1.29, 1.82) is 0 Å². The van der Waals surface area contributed by atoms with E-state index < -0.39 is 0 Å². The van der Waals surface area contributed by atoms with Crippen LogP contribution in [-0.2, 0) is 0 Å². The first-order valence-corrected chi connectivity index (χ1v) is 8.16. The Labute approximate surface area is 120 Å². The van der Waals surface area contributed by atoms with Gasteiger partial charge in [-0.2, -0.15) is 11.8 Å². The zero-order valence-electron chi connectivity index (χ0n) is 11.8. The molecule has 19 heavy (non-hydrogen) atoms. The third-order valence-electron chi connectivity index (χ3n) is 3.48. The van der Waals surface area contributed by atoms with Crippen LogP contribution in [-0.4, -0.2) is 53.8 Å². The van der Waals surface area contributed by atoms with Crippen molar-refractivity contribution in [3.05, 3.63) is 12.7 Å². The Morgan fingerprint density at radius 2 is 2.26 bits per heavy atom. The zero-order chi connectivity index (χ0) is 14.1. The van der Waals surface area contributed by atoms with Crippen molar-refractivity contribution >= 4 is 17.8 Å². The predicted molar refractivity (Wildman–Crippen MR) is 81.5 cm³/mol. The van der Waals surface area contributed by atoms with E-state index in [-0.39, 0.29) is 18.1 Å². The number of amides is 2. The smallest absolute Gasteiger partial charge is 0.317 e. The molecule has 0 bridgehead atoms. The molecule has 0 spiro atoms. The standard InChI is InChI=1S/C14H26N2O2S/c1-3-9-19-10-8-15-14(18)16(2)11-12-6-4-5-7-13(12)17/h3,12-13,17H,1,4-11H2,2H3,(H,15,18). The van der Waals surface area contributed by atoms with Crippen LogP contribution >= 0.6 is 11.8 Å². The van der Waals surface area contributed by atoms with Crippen LogP contribution in [0.15, 0.2) is 12.7 Å². The number of hydrogen-bond acceptors (Lipinski definition) is 3. The molecule has 110 valence electrons. The van der Waals surface area contributed by atoms with E-state index in [9.17, 15) is 9.90 Å². The fourth-order valence-electron chi connectivity index (χ4n) is 2.37. The SMILES string of the molecule is C=CCSCCNC(=O)N(C)CC1CCCCC1O. The summed E-state index contributed by atoms with van der Waals surface area (Å²) >= 11 is 1.75. The molecular formula is C14H26N2O2S. The van der Waals surface area contributed by atoms with Gasteiger partial charge in [0.05, 0.1) is 6.10 Å². The van der Waals surface area contributed by atoms with E-state index in [1.807, 2.05) is 6.08 Å². The second-order valence-corrected chi connectivity index (χ2v) is 6.24. The van der Waals surface area contributed by atoms with E-state index >= 15 is 0 Å². The highest BCUT2D eigenvalue weighted by Gasteiger charge is 2.25. The Morgan fingerprint density at radius 1 is 1.53 bits per heavy atom. The second kappa shape index (κ2) is 9.26. The molecule has 1 rings (SSSR count). The number of aliphatic hydroxyl groups is 1. The summed E-state index contributed by atoms with van der Waals surface area (Å²) in [6, 6.07) is -0.0445. The van der Waals surface area contributed by atoms with Crippen molar-refractivity contribution in [2.75, 3.05) is 31.6 Å². The van der Waals surface area contributed by atoms with Gasteiger partial charge in [-0.1, -0.05) is 18.9 Å². The van der Waals surface area contributed by atoms with E-state index in [1.165, 1.54) is 0 Å². The summed E-state index contributed by atoms with van der Waals surface area (Å²) < 4.78 is 0. The van der Waals surface area contributed by atoms with Gasteiger partial charge in [-0.3, -0.25) is 0 Å². The van der Waals surface area contributed by atoms with Gasteiger partial charge in [-0.25, -0.2) is 4.79 Å². The quantitative estimate of drug-likeness (QED) is 0.556. The van der Waals surface area contributed by atoms with Crippen molar-refractivity contribution in [2.24, 2.45) is 5.92 Å². The van der Waals surface area contributed by atoms with Gasteiger partial charge in [0.2, 0.25) is 0 Å². The highest BCUT2D eigenvalue weighted by Crippen LogP contribution is 2.24. The number of rotatable bonds is 7. The summed E-state index contributed by atoms with van der Waals surface area (Å²) in [7, 11) is 1.80. The number of carbonyl (C=O) groups excluding carboxylic acids is 1. The van der Waals surface area contributed by atoms with Crippen LogP contribution in [0.1, 0.15) is 25.7 Å². The summed E-state index contributed by atoms with van der Waals surface area (Å²) in [5.41, 5.74) is 0. The number of hydrogen-bond donors (Lipinski definition) is 2. The third kappa shape index (κ3) is 6.34. The van der Waals surface area contributed by atoms with Gasteiger partial charge in [0.25, 0.3) is 0 Å². The van der Waals surface area contributed by atoms with Crippen LogP contribution in [0.2, 0.25) is 0 Å². The van der Waals surface area contributed by atoms with Gasteiger partial charge in [0.15, 0.2) is 0 Å². The van der Waals surface area contributed by atoms with E-state index in [2.05, 4.69) is 11.9 Å². The summed E-state index contributed by atoms with van der Waals surface area (Å²) in [6.45, 7) is 4.97. The number of thioether (sulfide) groups is 1. The molecule has 1 aliphatic carbocycles. The molecule has 5 heteroatoms. The molecule has 0 radical (unpaired) electrons. The van der Waals surface area contributed by atoms with Crippen molar-refractivity contribution in [3.8, 4) is 0 Å². The molecule has 0 heterocycles. The fraction of sp³-hybridized carbons (Fsp3) is 0.786. The second-order valence-electron chi connectivity index (χ2n) is 5.09. The fourth-order valence-corrected chi connectivity index (χ4v) is 2.95. The lowest BCUT2D eigenvalue weighted by molar-refractivity contribution is 0.0565. The number of aliphatic hydroxyl groups excluding tert-OH is 1. The largest absolute Gasteiger partial charge is 0.393 e. The molecule has 0 aliphatic heterocycles. The maximum Gasteiger partial charge on any atom is 0.317 e. The normalized spacial score (nSPS) is 22.8. The van der Waals surface area contributed by atoms with Crippen LogP contribution < -0.4 is 5.32 Å². The van der Waals surface area contributed by atoms with Gasteiger partial charge in [0.1, 0.15) is 0 Å². The van der Waals surface area contributed by atoms with Gasteiger partial charge < -0.3 is 15.3 Å². The number of nitrogens with one attached hydrogen (secondary N) is 1. The van der Waals surface area contributed by atoms with Gasteiger partial charge in [0, 0.05) is 37.6 Å². The lowest BCUT2D eigenvalue weighted by atomic mass is 9.86. The van der Waals surface area contributed by atoms with E-state index in [1.54, 1.807) is 23.7 Å². The molecule has 2 N–H and O–H groups in total. The molecule has 1 aliphatic rings. The number of nitrogens with zero attached hydrogens (tertiary/aromatic N) is 1. The molecule has 4 nitrogen and oxygen atoms in total. The molecule has 0 saturated heterocycles. The molecule has 2 atom stereocenters. The summed E-state index contributed by atoms with van der Waals surface area (Å²) in [5.74, 6) is 2.05. The van der Waals surface area contributed by atoms with Crippen LogP contribution in [0.3, 0.4) is 0 Å². The first kappa shape index (κ1) is 16.4. The summed E-state index contributed by atoms with van der Waals surface area (Å²) in [6.07, 6.45) is 5.78. The summed E-state index contributed by atoms with van der Waals surface area (Å²) in [5, 5.41) is 12.8. The first-order chi connectivity index (χ1) is 9.15. The van der Waals surface area contributed by atoms with Crippen LogP contribution in [0.25, 0.3) is 0 Å². The van der Waals surface area contributed by atoms with Crippen LogP contribution in [0, 0.1) is 5.92 Å². The van der Waals surface area contributed by atoms with Crippen molar-refractivity contribution in [2.45, 2.75) is 31.8 Å². The highest BCUT2D eigenvalue weighted by molar-refractivity contribution is 7.99. The van der Waals surface area contributed by atoms with Crippen molar-refractivity contribution < 1.29 is 9.90 Å². The van der Waals surface area contributed by atoms with E-state index in [4.69, 9.17) is 0 Å². The third-order valence-corrected chi connectivity index (χ3v) is 4.45. The minimum Gasteiger partial charge on any atom is -0.393 e. The minimum atomic E-state index is -0.243. The zero-order valence-corrected chi connectivity index (χ0v) is 12.6. The average Bonchev–Trinajstić information content (AvgIpc) is 2.41. The maximum absolute atomic E-state index is 11.9. The Bertz CT molecular complexity index is 287. The Morgan fingerprint density at radius 3 is 2.95 bits per heavy atom. The Kier molecular flexibility index (Phi) is 7.98. The van der Waals surface area contributed by atoms with E-state index in [0.29, 0.717) is 13.1 Å². The van der Waals surface area contributed by atoms with Gasteiger partial charge in [-0.15, -0.1) is 6.58 Å². The Balaban J connectivity index is 2.18. The first-order valence-electron chi connectivity index (χ1n) is 7.00. The molecule has 0 aromatic rings. The van der Waals surface area contributed by atoms with Gasteiger partial charge in [-0.05, 0) is 12.8 Å². The maximum atomic E-state index is 11.9. The van der Waals surface area contributed by atoms with Crippen LogP contribution in [0.4, 0.5) is 4.79 Å². The Hall–Kier alpha value is -0.680. The molecule has 1 saturated carbocycles. The van der Waals surface area contributed by atoms with Gasteiger partial charge >= 0.3 is 6.03 Å². The molecule has 0 aromatic heterocycles. The monoisotopic (exact) mass is 286 g/mol. The highest BCUT2D eigenvalue weighted by atomic mass is 32.2. The minimum absolute atomic E-state index is 0.0445. The lowest BCUT2D eigenvalue weighted by Crippen LogP contribution is -2.43. The number of carbonyl (C=O) groups is 1. The topological polar surface area (TPSA) is 52.6 Å². The molecule has 2 unspecified atom stereocenters. The van der Waals surface area contributed by atoms with Crippen molar-refractivity contribution in [3.63, 3.8) is 0 Å².